The largest absolute Gasteiger partial charge is 0.412 e. The molecule has 0 radical (unpaired) electrons. The second-order valence-corrected chi connectivity index (χ2v) is 3.94. The Morgan fingerprint density at radius 1 is 1.57 bits per heavy atom. The normalized spacial score (nSPS) is 10.0. The highest BCUT2D eigenvalue weighted by atomic mass is 79.9. The number of halogens is 1. The van der Waals surface area contributed by atoms with Crippen LogP contribution in [0.1, 0.15) is 13.8 Å². The summed E-state index contributed by atoms with van der Waals surface area (Å²) in [6.45, 7) is 3.72. The molecule has 0 saturated carbocycles. The van der Waals surface area contributed by atoms with Crippen LogP contribution in [0.15, 0.2) is 22.9 Å². The molecule has 0 saturated heterocycles. The summed E-state index contributed by atoms with van der Waals surface area (Å²) in [5, 5.41) is 2.61. The van der Waals surface area contributed by atoms with Crippen molar-refractivity contribution in [1.29, 1.82) is 0 Å². The first-order chi connectivity index (χ1) is 6.58. The van der Waals surface area contributed by atoms with E-state index >= 15 is 0 Å². The molecule has 5 heteroatoms. The number of aromatic nitrogens is 1. The highest BCUT2D eigenvalue weighted by Gasteiger charge is 2.05. The third-order valence-corrected chi connectivity index (χ3v) is 1.73. The molecule has 1 amide bonds. The van der Waals surface area contributed by atoms with Crippen LogP contribution in [0.5, 0.6) is 5.75 Å². The highest BCUT2D eigenvalue weighted by molar-refractivity contribution is 9.10. The lowest BCUT2D eigenvalue weighted by molar-refractivity contribution is 0.197. The van der Waals surface area contributed by atoms with Gasteiger partial charge in [-0.25, -0.2) is 4.79 Å². The molecule has 1 N–H and O–H groups in total. The van der Waals surface area contributed by atoms with E-state index in [0.717, 1.165) is 4.47 Å². The van der Waals surface area contributed by atoms with E-state index in [1.807, 2.05) is 13.8 Å². The Balaban J connectivity index is 2.56. The van der Waals surface area contributed by atoms with E-state index < -0.39 is 6.09 Å². The molecule has 1 heterocycles. The van der Waals surface area contributed by atoms with Gasteiger partial charge in [0.15, 0.2) is 5.75 Å². The van der Waals surface area contributed by atoms with Crippen molar-refractivity contribution in [3.63, 3.8) is 0 Å². The molecule has 0 aliphatic rings. The number of pyridine rings is 1. The van der Waals surface area contributed by atoms with Crippen LogP contribution in [0.3, 0.4) is 0 Å². The molecule has 0 fully saturated rings. The third kappa shape index (κ3) is 3.74. The monoisotopic (exact) mass is 258 g/mol. The van der Waals surface area contributed by atoms with E-state index in [9.17, 15) is 4.79 Å². The average Bonchev–Trinajstić information content (AvgIpc) is 2.01. The summed E-state index contributed by atoms with van der Waals surface area (Å²) in [5.74, 6) is 0.414. The summed E-state index contributed by atoms with van der Waals surface area (Å²) >= 11 is 3.23. The maximum atomic E-state index is 11.2. The van der Waals surface area contributed by atoms with Crippen molar-refractivity contribution in [3.05, 3.63) is 22.9 Å². The Morgan fingerprint density at radius 2 is 2.29 bits per heavy atom. The van der Waals surface area contributed by atoms with Crippen molar-refractivity contribution < 1.29 is 9.53 Å². The molecule has 1 aromatic rings. The Bertz CT molecular complexity index is 328. The first-order valence-electron chi connectivity index (χ1n) is 4.17. The second-order valence-electron chi connectivity index (χ2n) is 3.03. The minimum Gasteiger partial charge on any atom is -0.409 e. The van der Waals surface area contributed by atoms with Gasteiger partial charge in [-0.2, -0.15) is 0 Å². The number of amides is 1. The maximum absolute atomic E-state index is 11.2. The lowest BCUT2D eigenvalue weighted by atomic mass is 10.4. The van der Waals surface area contributed by atoms with Gasteiger partial charge < -0.3 is 10.1 Å². The van der Waals surface area contributed by atoms with Crippen LogP contribution in [0.2, 0.25) is 0 Å². The van der Waals surface area contributed by atoms with Gasteiger partial charge in [0.25, 0.3) is 0 Å². The molecule has 4 nitrogen and oxygen atoms in total. The molecular weight excluding hydrogens is 248 g/mol. The number of hydrogen-bond acceptors (Lipinski definition) is 3. The van der Waals surface area contributed by atoms with Gasteiger partial charge in [-0.1, -0.05) is 0 Å². The standard InChI is InChI=1S/C9H11BrN2O2/c1-6(2)12-9(13)14-8-3-7(10)4-11-5-8/h3-6H,1-2H3,(H,12,13). The number of ether oxygens (including phenoxy) is 1. The SMILES string of the molecule is CC(C)NC(=O)Oc1cncc(Br)c1. The predicted octanol–water partition coefficient (Wildman–Crippen LogP) is 2.34. The van der Waals surface area contributed by atoms with Crippen molar-refractivity contribution in [2.45, 2.75) is 19.9 Å². The van der Waals surface area contributed by atoms with Crippen molar-refractivity contribution in [1.82, 2.24) is 10.3 Å². The zero-order valence-electron chi connectivity index (χ0n) is 7.95. The summed E-state index contributed by atoms with van der Waals surface area (Å²) < 4.78 is 5.73. The molecule has 14 heavy (non-hydrogen) atoms. The highest BCUT2D eigenvalue weighted by Crippen LogP contribution is 2.15. The second kappa shape index (κ2) is 4.95. The van der Waals surface area contributed by atoms with Crippen LogP contribution in [0.25, 0.3) is 0 Å². The van der Waals surface area contributed by atoms with Gasteiger partial charge in [0.05, 0.1) is 6.20 Å². The number of hydrogen-bond donors (Lipinski definition) is 1. The van der Waals surface area contributed by atoms with E-state index in [4.69, 9.17) is 4.74 Å². The molecular formula is C9H11BrN2O2. The Labute approximate surface area is 90.8 Å². The summed E-state index contributed by atoms with van der Waals surface area (Å²) in [4.78, 5) is 15.0. The fourth-order valence-electron chi connectivity index (χ4n) is 0.820. The smallest absolute Gasteiger partial charge is 0.409 e. The number of carbonyl (C=O) groups is 1. The van der Waals surface area contributed by atoms with Crippen LogP contribution in [0.4, 0.5) is 4.79 Å². The summed E-state index contributed by atoms with van der Waals surface area (Å²) in [5.41, 5.74) is 0. The zero-order valence-corrected chi connectivity index (χ0v) is 9.54. The lowest BCUT2D eigenvalue weighted by Gasteiger charge is -2.08. The van der Waals surface area contributed by atoms with Gasteiger partial charge in [-0.15, -0.1) is 0 Å². The van der Waals surface area contributed by atoms with E-state index in [1.165, 1.54) is 6.20 Å². The van der Waals surface area contributed by atoms with Crippen LogP contribution >= 0.6 is 15.9 Å². The van der Waals surface area contributed by atoms with Gasteiger partial charge in [0, 0.05) is 16.7 Å². The minimum atomic E-state index is -0.472. The molecule has 1 aromatic heterocycles. The van der Waals surface area contributed by atoms with Crippen LogP contribution in [-0.2, 0) is 0 Å². The molecule has 0 aliphatic heterocycles. The van der Waals surface area contributed by atoms with Crippen LogP contribution < -0.4 is 10.1 Å². The quantitative estimate of drug-likeness (QED) is 0.886. The molecule has 0 atom stereocenters. The molecule has 0 aliphatic carbocycles. The van der Waals surface area contributed by atoms with Crippen molar-refractivity contribution in [2.24, 2.45) is 0 Å². The van der Waals surface area contributed by atoms with Crippen molar-refractivity contribution >= 4 is 22.0 Å². The lowest BCUT2D eigenvalue weighted by Crippen LogP contribution is -2.32. The topological polar surface area (TPSA) is 51.2 Å². The maximum Gasteiger partial charge on any atom is 0.412 e. The Hall–Kier alpha value is -1.10. The summed E-state index contributed by atoms with van der Waals surface area (Å²) in [6, 6.07) is 1.73. The van der Waals surface area contributed by atoms with E-state index in [1.54, 1.807) is 12.3 Å². The van der Waals surface area contributed by atoms with E-state index in [-0.39, 0.29) is 6.04 Å². The first kappa shape index (κ1) is 11.0. The predicted molar refractivity (Wildman–Crippen MR) is 56.2 cm³/mol. The molecule has 76 valence electrons. The Kier molecular flexibility index (Phi) is 3.88. The van der Waals surface area contributed by atoms with Crippen molar-refractivity contribution in [3.8, 4) is 5.75 Å². The summed E-state index contributed by atoms with van der Waals surface area (Å²) in [6.07, 6.45) is 2.62. The molecule has 0 bridgehead atoms. The summed E-state index contributed by atoms with van der Waals surface area (Å²) in [7, 11) is 0. The van der Waals surface area contributed by atoms with Gasteiger partial charge >= 0.3 is 6.09 Å². The molecule has 0 unspecified atom stereocenters. The zero-order chi connectivity index (χ0) is 10.6. The minimum absolute atomic E-state index is 0.0580. The van der Waals surface area contributed by atoms with Crippen LogP contribution in [0, 0.1) is 0 Å². The van der Waals surface area contributed by atoms with Gasteiger partial charge in [0.2, 0.25) is 0 Å². The number of nitrogens with one attached hydrogen (secondary N) is 1. The van der Waals surface area contributed by atoms with E-state index in [0.29, 0.717) is 5.75 Å². The van der Waals surface area contributed by atoms with Gasteiger partial charge in [-0.3, -0.25) is 4.98 Å². The van der Waals surface area contributed by atoms with Gasteiger partial charge in [0.1, 0.15) is 0 Å². The van der Waals surface area contributed by atoms with Crippen LogP contribution in [-0.4, -0.2) is 17.1 Å². The molecule has 1 rings (SSSR count). The first-order valence-corrected chi connectivity index (χ1v) is 4.96. The number of nitrogens with zero attached hydrogens (tertiary/aromatic N) is 1. The fourth-order valence-corrected chi connectivity index (χ4v) is 1.16. The number of carbonyl (C=O) groups excluding carboxylic acids is 1. The Morgan fingerprint density at radius 3 is 2.86 bits per heavy atom. The van der Waals surface area contributed by atoms with Gasteiger partial charge in [-0.05, 0) is 35.8 Å². The van der Waals surface area contributed by atoms with Crippen molar-refractivity contribution in [2.75, 3.05) is 0 Å². The third-order valence-electron chi connectivity index (χ3n) is 1.30. The fraction of sp³-hybridized carbons (Fsp3) is 0.333. The average molecular weight is 259 g/mol. The number of rotatable bonds is 2. The van der Waals surface area contributed by atoms with E-state index in [2.05, 4.69) is 26.2 Å². The molecule has 0 aromatic carbocycles. The molecule has 0 spiro atoms.